The van der Waals surface area contributed by atoms with Crippen LogP contribution in [0.5, 0.6) is 0 Å². The number of nitrogen functional groups attached to an aromatic ring is 1. The lowest BCUT2D eigenvalue weighted by Gasteiger charge is -2.15. The summed E-state index contributed by atoms with van der Waals surface area (Å²) in [6, 6.07) is 5.86. The molecule has 0 aromatic heterocycles. The maximum atomic E-state index is 12.2. The highest BCUT2D eigenvalue weighted by molar-refractivity contribution is 5.78. The summed E-state index contributed by atoms with van der Waals surface area (Å²) < 4.78 is 0. The number of carbonyl (C=O) groups excluding carboxylic acids is 1. The summed E-state index contributed by atoms with van der Waals surface area (Å²) in [5.41, 5.74) is 8.86. The van der Waals surface area contributed by atoms with Gasteiger partial charge in [-0.15, -0.1) is 0 Å². The van der Waals surface area contributed by atoms with Crippen molar-refractivity contribution in [1.29, 1.82) is 0 Å². The van der Waals surface area contributed by atoms with Gasteiger partial charge in [0.25, 0.3) is 0 Å². The van der Waals surface area contributed by atoms with E-state index in [1.807, 2.05) is 25.1 Å². The Morgan fingerprint density at radius 2 is 1.95 bits per heavy atom. The second-order valence-electron chi connectivity index (χ2n) is 5.54. The minimum atomic E-state index is 0.212. The van der Waals surface area contributed by atoms with Crippen molar-refractivity contribution >= 4 is 11.6 Å². The largest absolute Gasteiger partial charge is 0.399 e. The zero-order valence-corrected chi connectivity index (χ0v) is 11.7. The summed E-state index contributed by atoms with van der Waals surface area (Å²) in [6.45, 7) is 2.59. The van der Waals surface area contributed by atoms with E-state index in [-0.39, 0.29) is 11.8 Å². The monoisotopic (exact) mass is 260 g/mol. The van der Waals surface area contributed by atoms with Gasteiger partial charge in [-0.25, -0.2) is 0 Å². The van der Waals surface area contributed by atoms with Crippen LogP contribution in [0.1, 0.15) is 49.7 Å². The molecule has 1 aromatic rings. The molecular formula is C16H24N2O. The smallest absolute Gasteiger partial charge is 0.223 e. The van der Waals surface area contributed by atoms with Gasteiger partial charge in [-0.3, -0.25) is 4.79 Å². The van der Waals surface area contributed by atoms with Crippen LogP contribution in [-0.4, -0.2) is 5.91 Å². The van der Waals surface area contributed by atoms with Gasteiger partial charge in [-0.05, 0) is 37.0 Å². The predicted octanol–water partition coefficient (Wildman–Crippen LogP) is 3.16. The Kier molecular flexibility index (Phi) is 4.83. The van der Waals surface area contributed by atoms with Gasteiger partial charge in [-0.2, -0.15) is 0 Å². The van der Waals surface area contributed by atoms with Gasteiger partial charge in [-0.1, -0.05) is 37.8 Å². The Morgan fingerprint density at radius 1 is 1.26 bits per heavy atom. The fourth-order valence-electron chi connectivity index (χ4n) is 2.76. The molecule has 3 nitrogen and oxygen atoms in total. The standard InChI is InChI=1S/C16H24N2O/c1-12-14(9-6-10-15(12)17)11-18-16(19)13-7-4-2-3-5-8-13/h6,9-10,13H,2-5,7-8,11,17H2,1H3,(H,18,19). The molecule has 2 rings (SSSR count). The average Bonchev–Trinajstić information content (AvgIpc) is 2.69. The number of anilines is 1. The molecule has 1 amide bonds. The molecular weight excluding hydrogens is 236 g/mol. The van der Waals surface area contributed by atoms with Crippen molar-refractivity contribution in [2.24, 2.45) is 5.92 Å². The zero-order valence-electron chi connectivity index (χ0n) is 11.7. The predicted molar refractivity (Wildman–Crippen MR) is 78.6 cm³/mol. The van der Waals surface area contributed by atoms with Crippen molar-refractivity contribution in [3.05, 3.63) is 29.3 Å². The molecule has 0 radical (unpaired) electrons. The van der Waals surface area contributed by atoms with Crippen LogP contribution in [0.2, 0.25) is 0 Å². The summed E-state index contributed by atoms with van der Waals surface area (Å²) >= 11 is 0. The number of hydrogen-bond donors (Lipinski definition) is 2. The normalized spacial score (nSPS) is 16.9. The van der Waals surface area contributed by atoms with Crippen LogP contribution in [0, 0.1) is 12.8 Å². The molecule has 0 bridgehead atoms. The zero-order chi connectivity index (χ0) is 13.7. The number of nitrogens with one attached hydrogen (secondary N) is 1. The first-order valence-corrected chi connectivity index (χ1v) is 7.30. The maximum absolute atomic E-state index is 12.2. The Bertz CT molecular complexity index is 434. The average molecular weight is 260 g/mol. The lowest BCUT2D eigenvalue weighted by atomic mass is 9.99. The highest BCUT2D eigenvalue weighted by atomic mass is 16.1. The van der Waals surface area contributed by atoms with Crippen LogP contribution in [-0.2, 0) is 11.3 Å². The highest BCUT2D eigenvalue weighted by Gasteiger charge is 2.19. The Morgan fingerprint density at radius 3 is 2.63 bits per heavy atom. The SMILES string of the molecule is Cc1c(N)cccc1CNC(=O)C1CCCCCC1. The summed E-state index contributed by atoms with van der Waals surface area (Å²) in [5, 5.41) is 3.07. The second-order valence-corrected chi connectivity index (χ2v) is 5.54. The molecule has 0 aliphatic heterocycles. The van der Waals surface area contributed by atoms with Gasteiger partial charge in [0, 0.05) is 18.2 Å². The maximum Gasteiger partial charge on any atom is 0.223 e. The Hall–Kier alpha value is -1.51. The molecule has 1 aliphatic rings. The molecule has 1 saturated carbocycles. The van der Waals surface area contributed by atoms with Gasteiger partial charge in [0.05, 0.1) is 0 Å². The molecule has 104 valence electrons. The number of benzene rings is 1. The summed E-state index contributed by atoms with van der Waals surface area (Å²) in [6.07, 6.45) is 7.02. The summed E-state index contributed by atoms with van der Waals surface area (Å²) in [7, 11) is 0. The van der Waals surface area contributed by atoms with E-state index in [0.29, 0.717) is 6.54 Å². The first-order chi connectivity index (χ1) is 9.18. The van der Waals surface area contributed by atoms with E-state index in [1.165, 1.54) is 25.7 Å². The molecule has 3 heteroatoms. The van der Waals surface area contributed by atoms with Crippen LogP contribution < -0.4 is 11.1 Å². The van der Waals surface area contributed by atoms with E-state index in [2.05, 4.69) is 5.32 Å². The number of amides is 1. The molecule has 0 spiro atoms. The van der Waals surface area contributed by atoms with Crippen molar-refractivity contribution in [1.82, 2.24) is 5.32 Å². The third kappa shape index (κ3) is 3.72. The minimum absolute atomic E-state index is 0.212. The molecule has 1 aliphatic carbocycles. The van der Waals surface area contributed by atoms with Crippen molar-refractivity contribution in [3.8, 4) is 0 Å². The lowest BCUT2D eigenvalue weighted by molar-refractivity contribution is -0.125. The fraction of sp³-hybridized carbons (Fsp3) is 0.562. The van der Waals surface area contributed by atoms with E-state index < -0.39 is 0 Å². The number of rotatable bonds is 3. The van der Waals surface area contributed by atoms with Gasteiger partial charge in [0.1, 0.15) is 0 Å². The molecule has 19 heavy (non-hydrogen) atoms. The third-order valence-electron chi connectivity index (χ3n) is 4.17. The van der Waals surface area contributed by atoms with Crippen LogP contribution in [0.25, 0.3) is 0 Å². The Labute approximate surface area is 115 Å². The topological polar surface area (TPSA) is 55.1 Å². The van der Waals surface area contributed by atoms with Crippen LogP contribution in [0.15, 0.2) is 18.2 Å². The fourth-order valence-corrected chi connectivity index (χ4v) is 2.76. The molecule has 1 aromatic carbocycles. The van der Waals surface area contributed by atoms with Crippen molar-refractivity contribution in [2.75, 3.05) is 5.73 Å². The molecule has 1 fully saturated rings. The molecule has 0 atom stereocenters. The van der Waals surface area contributed by atoms with Gasteiger partial charge in [0.15, 0.2) is 0 Å². The highest BCUT2D eigenvalue weighted by Crippen LogP contribution is 2.23. The van der Waals surface area contributed by atoms with E-state index >= 15 is 0 Å². The van der Waals surface area contributed by atoms with E-state index in [9.17, 15) is 4.79 Å². The first kappa shape index (κ1) is 13.9. The molecule has 0 saturated heterocycles. The first-order valence-electron chi connectivity index (χ1n) is 7.30. The van der Waals surface area contributed by atoms with Crippen molar-refractivity contribution in [2.45, 2.75) is 52.0 Å². The minimum Gasteiger partial charge on any atom is -0.399 e. The van der Waals surface area contributed by atoms with Gasteiger partial charge in [0.2, 0.25) is 5.91 Å². The number of nitrogens with two attached hydrogens (primary N) is 1. The van der Waals surface area contributed by atoms with E-state index in [1.54, 1.807) is 0 Å². The lowest BCUT2D eigenvalue weighted by Crippen LogP contribution is -2.30. The summed E-state index contributed by atoms with van der Waals surface area (Å²) in [5.74, 6) is 0.424. The number of carbonyl (C=O) groups is 1. The Balaban J connectivity index is 1.90. The number of hydrogen-bond acceptors (Lipinski definition) is 2. The van der Waals surface area contributed by atoms with E-state index in [4.69, 9.17) is 5.73 Å². The molecule has 3 N–H and O–H groups in total. The van der Waals surface area contributed by atoms with Gasteiger partial charge < -0.3 is 11.1 Å². The molecule has 0 heterocycles. The second kappa shape index (κ2) is 6.60. The van der Waals surface area contributed by atoms with Crippen LogP contribution >= 0.6 is 0 Å². The quantitative estimate of drug-likeness (QED) is 0.648. The van der Waals surface area contributed by atoms with Crippen molar-refractivity contribution in [3.63, 3.8) is 0 Å². The molecule has 0 unspecified atom stereocenters. The van der Waals surface area contributed by atoms with Crippen LogP contribution in [0.3, 0.4) is 0 Å². The van der Waals surface area contributed by atoms with Gasteiger partial charge >= 0.3 is 0 Å². The van der Waals surface area contributed by atoms with E-state index in [0.717, 1.165) is 29.7 Å². The van der Waals surface area contributed by atoms with Crippen LogP contribution in [0.4, 0.5) is 5.69 Å². The summed E-state index contributed by atoms with van der Waals surface area (Å²) in [4.78, 5) is 12.2. The van der Waals surface area contributed by atoms with Crippen molar-refractivity contribution < 1.29 is 4.79 Å². The third-order valence-corrected chi connectivity index (χ3v) is 4.17.